The summed E-state index contributed by atoms with van der Waals surface area (Å²) >= 11 is 6.02. The van der Waals surface area contributed by atoms with Crippen LogP contribution in [0.5, 0.6) is 0 Å². The fourth-order valence-electron chi connectivity index (χ4n) is 2.99. The summed E-state index contributed by atoms with van der Waals surface area (Å²) in [5, 5.41) is 0.720. The van der Waals surface area contributed by atoms with Gasteiger partial charge in [0.15, 0.2) is 0 Å². The van der Waals surface area contributed by atoms with E-state index in [4.69, 9.17) is 11.6 Å². The third-order valence-corrected chi connectivity index (χ3v) is 4.44. The fraction of sp³-hybridized carbons (Fsp3) is 0.211. The molecule has 2 aromatic carbocycles. The van der Waals surface area contributed by atoms with Crippen molar-refractivity contribution in [1.29, 1.82) is 0 Å². The summed E-state index contributed by atoms with van der Waals surface area (Å²) in [6.45, 7) is 0. The second-order valence-corrected chi connectivity index (χ2v) is 6.07. The molecule has 2 atom stereocenters. The quantitative estimate of drug-likeness (QED) is 0.824. The zero-order valence-electron chi connectivity index (χ0n) is 12.4. The van der Waals surface area contributed by atoms with Crippen molar-refractivity contribution in [2.45, 2.75) is 18.4 Å². The highest BCUT2D eigenvalue weighted by atomic mass is 35.5. The van der Waals surface area contributed by atoms with E-state index in [0.717, 1.165) is 10.6 Å². The van der Waals surface area contributed by atoms with Crippen LogP contribution in [0.15, 0.2) is 60.7 Å². The normalized spacial score (nSPS) is 21.7. The molecule has 0 bridgehead atoms. The molecule has 2 nitrogen and oxygen atoms in total. The molecule has 1 heterocycles. The highest BCUT2D eigenvalue weighted by molar-refractivity contribution is 6.30. The second kappa shape index (κ2) is 6.37. The molecule has 3 heteroatoms. The molecular weight excluding hydrogens is 294 g/mol. The largest absolute Gasteiger partial charge is 0.339 e. The molecule has 112 valence electrons. The Hall–Kier alpha value is -2.06. The van der Waals surface area contributed by atoms with E-state index in [1.54, 1.807) is 0 Å². The Labute approximate surface area is 136 Å². The first-order valence-electron chi connectivity index (χ1n) is 7.39. The summed E-state index contributed by atoms with van der Waals surface area (Å²) in [5.41, 5.74) is 2.26. The maximum absolute atomic E-state index is 12.1. The minimum Gasteiger partial charge on any atom is -0.339 e. The highest BCUT2D eigenvalue weighted by Gasteiger charge is 2.36. The second-order valence-electron chi connectivity index (χ2n) is 5.63. The summed E-state index contributed by atoms with van der Waals surface area (Å²) in [6.07, 6.45) is 4.71. The molecule has 1 fully saturated rings. The van der Waals surface area contributed by atoms with Crippen LogP contribution >= 0.6 is 11.6 Å². The van der Waals surface area contributed by atoms with Gasteiger partial charge in [-0.1, -0.05) is 66.2 Å². The molecule has 1 saturated heterocycles. The first-order chi connectivity index (χ1) is 10.6. The van der Waals surface area contributed by atoms with Crippen LogP contribution < -0.4 is 0 Å². The Bertz CT molecular complexity index is 696. The van der Waals surface area contributed by atoms with Crippen molar-refractivity contribution in [3.8, 4) is 0 Å². The van der Waals surface area contributed by atoms with E-state index in [2.05, 4.69) is 18.2 Å². The lowest BCUT2D eigenvalue weighted by Crippen LogP contribution is -2.29. The smallest absolute Gasteiger partial charge is 0.223 e. The van der Waals surface area contributed by atoms with E-state index in [1.807, 2.05) is 60.5 Å². The Morgan fingerprint density at radius 3 is 2.64 bits per heavy atom. The topological polar surface area (TPSA) is 20.3 Å². The van der Waals surface area contributed by atoms with Crippen LogP contribution in [-0.4, -0.2) is 23.9 Å². The number of halogens is 1. The van der Waals surface area contributed by atoms with Gasteiger partial charge in [0.2, 0.25) is 5.91 Å². The lowest BCUT2D eigenvalue weighted by atomic mass is 9.91. The van der Waals surface area contributed by atoms with Gasteiger partial charge < -0.3 is 4.90 Å². The van der Waals surface area contributed by atoms with Gasteiger partial charge in [-0.05, 0) is 23.3 Å². The highest BCUT2D eigenvalue weighted by Crippen LogP contribution is 2.34. The molecule has 22 heavy (non-hydrogen) atoms. The van der Waals surface area contributed by atoms with Crippen molar-refractivity contribution >= 4 is 23.6 Å². The number of carbonyl (C=O) groups excluding carboxylic acids is 1. The van der Waals surface area contributed by atoms with Crippen molar-refractivity contribution in [3.05, 3.63) is 76.8 Å². The third-order valence-electron chi connectivity index (χ3n) is 4.21. The molecule has 0 aromatic heterocycles. The van der Waals surface area contributed by atoms with Gasteiger partial charge in [-0.3, -0.25) is 4.79 Å². The van der Waals surface area contributed by atoms with Crippen molar-refractivity contribution in [2.24, 2.45) is 0 Å². The number of hydrogen-bond acceptors (Lipinski definition) is 1. The van der Waals surface area contributed by atoms with Crippen LogP contribution in [0.4, 0.5) is 0 Å². The maximum Gasteiger partial charge on any atom is 0.223 e. The Kier molecular flexibility index (Phi) is 4.30. The summed E-state index contributed by atoms with van der Waals surface area (Å²) in [4.78, 5) is 13.9. The lowest BCUT2D eigenvalue weighted by Gasteiger charge is -2.22. The number of likely N-dealkylation sites (N-methyl/N-ethyl adjacent to an activating group) is 1. The molecule has 0 N–H and O–H groups in total. The first-order valence-corrected chi connectivity index (χ1v) is 7.77. The van der Waals surface area contributed by atoms with Crippen LogP contribution in [-0.2, 0) is 4.79 Å². The van der Waals surface area contributed by atoms with Crippen LogP contribution in [0.1, 0.15) is 23.5 Å². The molecule has 0 radical (unpaired) electrons. The zero-order chi connectivity index (χ0) is 15.5. The number of likely N-dealkylation sites (tertiary alicyclic amines) is 1. The maximum atomic E-state index is 12.1. The number of rotatable bonds is 3. The number of carbonyl (C=O) groups is 1. The van der Waals surface area contributed by atoms with Crippen molar-refractivity contribution in [3.63, 3.8) is 0 Å². The van der Waals surface area contributed by atoms with Gasteiger partial charge in [-0.15, -0.1) is 0 Å². The Morgan fingerprint density at radius 1 is 1.14 bits per heavy atom. The predicted molar refractivity (Wildman–Crippen MR) is 90.8 cm³/mol. The minimum atomic E-state index is 0.0777. The first kappa shape index (κ1) is 14.9. The van der Waals surface area contributed by atoms with E-state index in [0.29, 0.717) is 6.42 Å². The number of hydrogen-bond donors (Lipinski definition) is 0. The molecule has 1 amide bonds. The molecule has 2 unspecified atom stereocenters. The number of nitrogens with zero attached hydrogens (tertiary/aromatic N) is 1. The SMILES string of the molecule is CN1C(=O)CC(c2ccccc2)C1/C=C\c1cccc(Cl)c1. The molecule has 2 aromatic rings. The molecule has 1 aliphatic heterocycles. The van der Waals surface area contributed by atoms with Gasteiger partial charge in [0.05, 0.1) is 6.04 Å². The molecule has 1 aliphatic rings. The van der Waals surface area contributed by atoms with Gasteiger partial charge in [0, 0.05) is 24.4 Å². The summed E-state index contributed by atoms with van der Waals surface area (Å²) < 4.78 is 0. The van der Waals surface area contributed by atoms with E-state index in [9.17, 15) is 4.79 Å². The average Bonchev–Trinajstić information content (AvgIpc) is 2.82. The fourth-order valence-corrected chi connectivity index (χ4v) is 3.19. The monoisotopic (exact) mass is 311 g/mol. The lowest BCUT2D eigenvalue weighted by molar-refractivity contribution is -0.127. The Morgan fingerprint density at radius 2 is 1.91 bits per heavy atom. The average molecular weight is 312 g/mol. The molecule has 0 spiro atoms. The van der Waals surface area contributed by atoms with Crippen LogP contribution in [0.2, 0.25) is 5.02 Å². The number of benzene rings is 2. The molecule has 0 aliphatic carbocycles. The molecule has 3 rings (SSSR count). The summed E-state index contributed by atoms with van der Waals surface area (Å²) in [6, 6.07) is 18.0. The van der Waals surface area contributed by atoms with Crippen molar-refractivity contribution < 1.29 is 4.79 Å². The molecular formula is C19H18ClNO. The van der Waals surface area contributed by atoms with Crippen LogP contribution in [0.3, 0.4) is 0 Å². The summed E-state index contributed by atoms with van der Waals surface area (Å²) in [5.74, 6) is 0.392. The standard InChI is InChI=1S/C19H18ClNO/c1-21-18(11-10-14-6-5-9-16(20)12-14)17(13-19(21)22)15-7-3-2-4-8-15/h2-12,17-18H,13H2,1H3/b11-10-. The molecule has 0 saturated carbocycles. The number of amides is 1. The van der Waals surface area contributed by atoms with Gasteiger partial charge in [-0.25, -0.2) is 0 Å². The predicted octanol–water partition coefficient (Wildman–Crippen LogP) is 4.37. The van der Waals surface area contributed by atoms with E-state index in [1.165, 1.54) is 5.56 Å². The zero-order valence-corrected chi connectivity index (χ0v) is 13.2. The van der Waals surface area contributed by atoms with Gasteiger partial charge >= 0.3 is 0 Å². The van der Waals surface area contributed by atoms with E-state index >= 15 is 0 Å². The van der Waals surface area contributed by atoms with Gasteiger partial charge in [0.1, 0.15) is 0 Å². The van der Waals surface area contributed by atoms with Crippen molar-refractivity contribution in [2.75, 3.05) is 7.05 Å². The van der Waals surface area contributed by atoms with Gasteiger partial charge in [0.25, 0.3) is 0 Å². The third kappa shape index (κ3) is 3.07. The van der Waals surface area contributed by atoms with Gasteiger partial charge in [-0.2, -0.15) is 0 Å². The van der Waals surface area contributed by atoms with E-state index < -0.39 is 0 Å². The van der Waals surface area contributed by atoms with Crippen molar-refractivity contribution in [1.82, 2.24) is 4.90 Å². The Balaban J connectivity index is 1.87. The summed E-state index contributed by atoms with van der Waals surface area (Å²) in [7, 11) is 1.87. The minimum absolute atomic E-state index is 0.0777. The van der Waals surface area contributed by atoms with Crippen LogP contribution in [0.25, 0.3) is 6.08 Å². The van der Waals surface area contributed by atoms with Crippen LogP contribution in [0, 0.1) is 0 Å². The van der Waals surface area contributed by atoms with E-state index in [-0.39, 0.29) is 17.9 Å².